The normalized spacial score (nSPS) is 10.6. The Morgan fingerprint density at radius 2 is 1.81 bits per heavy atom. The molecule has 0 bridgehead atoms. The van der Waals surface area contributed by atoms with Gasteiger partial charge in [0.25, 0.3) is 0 Å². The van der Waals surface area contributed by atoms with Crippen molar-refractivity contribution < 1.29 is 4.74 Å². The smallest absolute Gasteiger partial charge is 0.121 e. The highest BCUT2D eigenvalue weighted by atomic mass is 16.5. The van der Waals surface area contributed by atoms with E-state index >= 15 is 0 Å². The molecule has 0 N–H and O–H groups in total. The molecule has 0 heterocycles. The molecule has 0 aliphatic heterocycles. The summed E-state index contributed by atoms with van der Waals surface area (Å²) in [5.74, 6) is 0.822. The van der Waals surface area contributed by atoms with Gasteiger partial charge in [-0.15, -0.1) is 0 Å². The lowest BCUT2D eigenvalue weighted by atomic mass is 10.2. The van der Waals surface area contributed by atoms with E-state index in [2.05, 4.69) is 4.99 Å². The van der Waals surface area contributed by atoms with E-state index in [9.17, 15) is 0 Å². The van der Waals surface area contributed by atoms with Gasteiger partial charge >= 0.3 is 0 Å². The molecular weight excluding hydrogens is 198 g/mol. The molecule has 0 atom stereocenters. The van der Waals surface area contributed by atoms with Crippen molar-refractivity contribution in [2.45, 2.75) is 0 Å². The van der Waals surface area contributed by atoms with Crippen LogP contribution in [0.2, 0.25) is 0 Å². The van der Waals surface area contributed by atoms with Crippen LogP contribution < -0.4 is 4.74 Å². The number of hydrogen-bond donors (Lipinski definition) is 0. The second-order valence-electron chi connectivity index (χ2n) is 3.37. The Hall–Kier alpha value is -2.09. The molecule has 2 heteroatoms. The maximum absolute atomic E-state index is 5.13. The maximum Gasteiger partial charge on any atom is 0.121 e. The average Bonchev–Trinajstić information content (AvgIpc) is 2.38. The zero-order chi connectivity index (χ0) is 11.2. The summed E-state index contributed by atoms with van der Waals surface area (Å²) in [6, 6.07) is 17.7. The molecule has 0 unspecified atom stereocenters. The Morgan fingerprint density at radius 3 is 2.56 bits per heavy atom. The molecule has 2 aromatic rings. The Labute approximate surface area is 95.2 Å². The summed E-state index contributed by atoms with van der Waals surface area (Å²) in [6.07, 6.45) is 1.84. The van der Waals surface area contributed by atoms with Crippen molar-refractivity contribution in [2.24, 2.45) is 4.99 Å². The van der Waals surface area contributed by atoms with E-state index in [1.165, 1.54) is 0 Å². The lowest BCUT2D eigenvalue weighted by Gasteiger charge is -1.99. The molecule has 0 spiro atoms. The zero-order valence-corrected chi connectivity index (χ0v) is 9.13. The molecule has 0 amide bonds. The summed E-state index contributed by atoms with van der Waals surface area (Å²) in [5, 5.41) is 0. The lowest BCUT2D eigenvalue weighted by molar-refractivity contribution is 0.415. The minimum atomic E-state index is 0.822. The lowest BCUT2D eigenvalue weighted by Crippen LogP contribution is -1.81. The van der Waals surface area contributed by atoms with E-state index in [0.717, 1.165) is 17.0 Å². The van der Waals surface area contributed by atoms with Crippen molar-refractivity contribution in [3.63, 3.8) is 0 Å². The predicted octanol–water partition coefficient (Wildman–Crippen LogP) is 3.45. The Morgan fingerprint density at radius 1 is 1.00 bits per heavy atom. The van der Waals surface area contributed by atoms with E-state index in [1.807, 2.05) is 60.8 Å². The number of methoxy groups -OCH3 is 1. The van der Waals surface area contributed by atoms with Crippen LogP contribution in [0.1, 0.15) is 5.56 Å². The van der Waals surface area contributed by atoms with Gasteiger partial charge in [0.2, 0.25) is 0 Å². The van der Waals surface area contributed by atoms with Gasteiger partial charge in [-0.1, -0.05) is 36.4 Å². The summed E-state index contributed by atoms with van der Waals surface area (Å²) in [7, 11) is 1.65. The molecule has 0 radical (unpaired) electrons. The molecule has 2 rings (SSSR count). The zero-order valence-electron chi connectivity index (χ0n) is 9.13. The summed E-state index contributed by atoms with van der Waals surface area (Å²) in [6.45, 7) is 0. The van der Waals surface area contributed by atoms with Gasteiger partial charge in [0, 0.05) is 12.3 Å². The maximum atomic E-state index is 5.13. The van der Waals surface area contributed by atoms with Gasteiger partial charge in [0.05, 0.1) is 12.8 Å². The Kier molecular flexibility index (Phi) is 3.34. The Balaban J connectivity index is 2.17. The molecule has 0 saturated heterocycles. The van der Waals surface area contributed by atoms with Gasteiger partial charge in [0.1, 0.15) is 5.75 Å². The third-order valence-corrected chi connectivity index (χ3v) is 2.22. The van der Waals surface area contributed by atoms with Gasteiger partial charge in [-0.2, -0.15) is 0 Å². The SMILES string of the molecule is COc1cccc(/N=C/c2ccccc2)c1. The van der Waals surface area contributed by atoms with E-state index in [0.29, 0.717) is 0 Å². The number of hydrogen-bond acceptors (Lipinski definition) is 2. The van der Waals surface area contributed by atoms with Crippen molar-refractivity contribution in [3.05, 3.63) is 60.2 Å². The largest absolute Gasteiger partial charge is 0.497 e. The van der Waals surface area contributed by atoms with Crippen molar-refractivity contribution in [2.75, 3.05) is 7.11 Å². The van der Waals surface area contributed by atoms with Crippen LogP contribution in [-0.2, 0) is 0 Å². The summed E-state index contributed by atoms with van der Waals surface area (Å²) in [5.41, 5.74) is 1.98. The first-order valence-electron chi connectivity index (χ1n) is 5.11. The van der Waals surface area contributed by atoms with Crippen LogP contribution in [0.5, 0.6) is 5.75 Å². The van der Waals surface area contributed by atoms with Crippen LogP contribution in [0.15, 0.2) is 59.6 Å². The molecule has 2 nitrogen and oxygen atoms in total. The van der Waals surface area contributed by atoms with Crippen molar-refractivity contribution in [3.8, 4) is 5.75 Å². The first-order chi connectivity index (χ1) is 7.88. The van der Waals surface area contributed by atoms with Crippen molar-refractivity contribution >= 4 is 11.9 Å². The molecular formula is C14H13NO. The monoisotopic (exact) mass is 211 g/mol. The number of ether oxygens (including phenoxy) is 1. The van der Waals surface area contributed by atoms with Crippen LogP contribution >= 0.6 is 0 Å². The van der Waals surface area contributed by atoms with Gasteiger partial charge in [-0.3, -0.25) is 4.99 Å². The van der Waals surface area contributed by atoms with Crippen LogP contribution in [0.4, 0.5) is 5.69 Å². The number of aliphatic imine (C=N–C) groups is 1. The fourth-order valence-electron chi connectivity index (χ4n) is 1.38. The van der Waals surface area contributed by atoms with Gasteiger partial charge < -0.3 is 4.74 Å². The summed E-state index contributed by atoms with van der Waals surface area (Å²) < 4.78 is 5.13. The summed E-state index contributed by atoms with van der Waals surface area (Å²) in [4.78, 5) is 4.38. The molecule has 0 aliphatic rings. The van der Waals surface area contributed by atoms with E-state index in [4.69, 9.17) is 4.74 Å². The minimum absolute atomic E-state index is 0.822. The highest BCUT2D eigenvalue weighted by Crippen LogP contribution is 2.19. The highest BCUT2D eigenvalue weighted by Gasteiger charge is 1.92. The number of benzene rings is 2. The molecule has 2 aromatic carbocycles. The third kappa shape index (κ3) is 2.70. The van der Waals surface area contributed by atoms with E-state index < -0.39 is 0 Å². The topological polar surface area (TPSA) is 21.6 Å². The first-order valence-corrected chi connectivity index (χ1v) is 5.11. The third-order valence-electron chi connectivity index (χ3n) is 2.22. The number of rotatable bonds is 3. The standard InChI is InChI=1S/C14H13NO/c1-16-14-9-5-8-13(10-14)15-11-12-6-3-2-4-7-12/h2-11H,1H3/b15-11+. The van der Waals surface area contributed by atoms with Gasteiger partial charge in [-0.25, -0.2) is 0 Å². The average molecular weight is 211 g/mol. The van der Waals surface area contributed by atoms with Gasteiger partial charge in [0.15, 0.2) is 0 Å². The fourth-order valence-corrected chi connectivity index (χ4v) is 1.38. The minimum Gasteiger partial charge on any atom is -0.497 e. The molecule has 0 saturated carbocycles. The second kappa shape index (κ2) is 5.12. The molecule has 0 aromatic heterocycles. The summed E-state index contributed by atoms with van der Waals surface area (Å²) >= 11 is 0. The quantitative estimate of drug-likeness (QED) is 0.712. The van der Waals surface area contributed by atoms with E-state index in [-0.39, 0.29) is 0 Å². The first kappa shape index (κ1) is 10.4. The highest BCUT2D eigenvalue weighted by molar-refractivity contribution is 5.81. The van der Waals surface area contributed by atoms with Crippen LogP contribution in [0.3, 0.4) is 0 Å². The second-order valence-corrected chi connectivity index (χ2v) is 3.37. The molecule has 80 valence electrons. The fraction of sp³-hybridized carbons (Fsp3) is 0.0714. The molecule has 0 aliphatic carbocycles. The number of nitrogens with zero attached hydrogens (tertiary/aromatic N) is 1. The predicted molar refractivity (Wildman–Crippen MR) is 66.7 cm³/mol. The Bertz CT molecular complexity index is 477. The van der Waals surface area contributed by atoms with Gasteiger partial charge in [-0.05, 0) is 17.7 Å². The van der Waals surface area contributed by atoms with Crippen LogP contribution in [0.25, 0.3) is 0 Å². The van der Waals surface area contributed by atoms with Crippen molar-refractivity contribution in [1.29, 1.82) is 0 Å². The van der Waals surface area contributed by atoms with Crippen molar-refractivity contribution in [1.82, 2.24) is 0 Å². The molecule has 0 fully saturated rings. The van der Waals surface area contributed by atoms with Crippen LogP contribution in [-0.4, -0.2) is 13.3 Å². The molecule has 16 heavy (non-hydrogen) atoms. The van der Waals surface area contributed by atoms with E-state index in [1.54, 1.807) is 7.11 Å². The van der Waals surface area contributed by atoms with Crippen LogP contribution in [0, 0.1) is 0 Å².